The van der Waals surface area contributed by atoms with E-state index in [4.69, 9.17) is 4.74 Å². The van der Waals surface area contributed by atoms with Gasteiger partial charge in [-0.2, -0.15) is 0 Å². The van der Waals surface area contributed by atoms with Gasteiger partial charge < -0.3 is 4.74 Å². The smallest absolute Gasteiger partial charge is 0.108 e. The summed E-state index contributed by atoms with van der Waals surface area (Å²) in [5.74, 6) is 6.05. The molecule has 1 heteroatoms. The van der Waals surface area contributed by atoms with Crippen molar-refractivity contribution in [3.63, 3.8) is 0 Å². The van der Waals surface area contributed by atoms with Crippen LogP contribution in [0.1, 0.15) is 11.1 Å². The third-order valence-corrected chi connectivity index (χ3v) is 2.64. The molecule has 2 aromatic carbocycles. The van der Waals surface area contributed by atoms with Crippen LogP contribution in [0, 0.1) is 11.8 Å². The fraction of sp³-hybridized carbons (Fsp3) is 0.111. The zero-order valence-electron chi connectivity index (χ0n) is 10.8. The quantitative estimate of drug-likeness (QED) is 0.591. The fourth-order valence-corrected chi connectivity index (χ4v) is 1.64. The highest BCUT2D eigenvalue weighted by Gasteiger charge is 1.96. The summed E-state index contributed by atoms with van der Waals surface area (Å²) in [4.78, 5) is 0. The number of hydrogen-bond acceptors (Lipinski definition) is 1. The lowest BCUT2D eigenvalue weighted by molar-refractivity contribution is 0.205. The molecule has 2 aromatic rings. The molecule has 0 aliphatic heterocycles. The highest BCUT2D eigenvalue weighted by Crippen LogP contribution is 2.11. The van der Waals surface area contributed by atoms with Gasteiger partial charge >= 0.3 is 0 Å². The maximum Gasteiger partial charge on any atom is 0.108 e. The van der Waals surface area contributed by atoms with Gasteiger partial charge in [0.05, 0.1) is 6.61 Å². The van der Waals surface area contributed by atoms with Crippen molar-refractivity contribution in [2.45, 2.75) is 0 Å². The molecular weight excluding hydrogens is 232 g/mol. The Balaban J connectivity index is 1.76. The van der Waals surface area contributed by atoms with Crippen molar-refractivity contribution in [3.05, 3.63) is 78.4 Å². The largest absolute Gasteiger partial charge is 0.364 e. The summed E-state index contributed by atoms with van der Waals surface area (Å²) in [5, 5.41) is 0. The maximum absolute atomic E-state index is 5.50. The molecule has 0 spiro atoms. The highest BCUT2D eigenvalue weighted by atomic mass is 16.5. The molecule has 0 bridgehead atoms. The van der Waals surface area contributed by atoms with E-state index in [-0.39, 0.29) is 0 Å². The molecule has 0 N–H and O–H groups in total. The van der Waals surface area contributed by atoms with Gasteiger partial charge in [-0.15, -0.1) is 0 Å². The first-order chi connectivity index (χ1) is 9.36. The second-order valence-electron chi connectivity index (χ2n) is 4.13. The SMILES string of the molecule is C=C(COCC#Cc1ccccc1)c1ccccc1. The van der Waals surface area contributed by atoms with Gasteiger partial charge in [-0.3, -0.25) is 0 Å². The molecule has 1 nitrogen and oxygen atoms in total. The first kappa shape index (κ1) is 13.1. The normalized spacial score (nSPS) is 9.47. The number of benzene rings is 2. The van der Waals surface area contributed by atoms with Crippen LogP contribution in [0.25, 0.3) is 5.57 Å². The fourth-order valence-electron chi connectivity index (χ4n) is 1.64. The average Bonchev–Trinajstić information content (AvgIpc) is 2.49. The van der Waals surface area contributed by atoms with Crippen LogP contribution in [-0.2, 0) is 4.74 Å². The molecule has 0 atom stereocenters. The van der Waals surface area contributed by atoms with Gasteiger partial charge in [0.2, 0.25) is 0 Å². The Morgan fingerprint density at radius 3 is 2.26 bits per heavy atom. The van der Waals surface area contributed by atoms with Crippen LogP contribution in [0.3, 0.4) is 0 Å². The molecule has 0 aliphatic carbocycles. The molecule has 0 aliphatic rings. The van der Waals surface area contributed by atoms with Crippen LogP contribution in [0.2, 0.25) is 0 Å². The monoisotopic (exact) mass is 248 g/mol. The van der Waals surface area contributed by atoms with Crippen molar-refractivity contribution < 1.29 is 4.74 Å². The molecule has 0 radical (unpaired) electrons. The van der Waals surface area contributed by atoms with Crippen molar-refractivity contribution in [3.8, 4) is 11.8 Å². The molecule has 0 saturated carbocycles. The van der Waals surface area contributed by atoms with Crippen molar-refractivity contribution >= 4 is 5.57 Å². The summed E-state index contributed by atoms with van der Waals surface area (Å²) >= 11 is 0. The van der Waals surface area contributed by atoms with Crippen LogP contribution in [0.4, 0.5) is 0 Å². The van der Waals surface area contributed by atoms with E-state index in [9.17, 15) is 0 Å². The zero-order chi connectivity index (χ0) is 13.3. The van der Waals surface area contributed by atoms with Crippen molar-refractivity contribution in [2.24, 2.45) is 0 Å². The van der Waals surface area contributed by atoms with Gasteiger partial charge in [0.15, 0.2) is 0 Å². The first-order valence-corrected chi connectivity index (χ1v) is 6.21. The van der Waals surface area contributed by atoms with E-state index < -0.39 is 0 Å². The Morgan fingerprint density at radius 1 is 0.947 bits per heavy atom. The summed E-state index contributed by atoms with van der Waals surface area (Å²) in [6, 6.07) is 19.9. The minimum atomic E-state index is 0.417. The van der Waals surface area contributed by atoms with E-state index in [1.807, 2.05) is 60.7 Å². The molecule has 19 heavy (non-hydrogen) atoms. The molecule has 0 amide bonds. The Kier molecular flexibility index (Phi) is 4.98. The molecule has 2 rings (SSSR count). The minimum Gasteiger partial charge on any atom is -0.364 e. The van der Waals surface area contributed by atoms with E-state index in [2.05, 4.69) is 18.4 Å². The first-order valence-electron chi connectivity index (χ1n) is 6.21. The predicted molar refractivity (Wildman–Crippen MR) is 79.6 cm³/mol. The van der Waals surface area contributed by atoms with E-state index in [1.165, 1.54) is 0 Å². The van der Waals surface area contributed by atoms with E-state index in [0.717, 1.165) is 16.7 Å². The maximum atomic E-state index is 5.50. The lowest BCUT2D eigenvalue weighted by Gasteiger charge is -2.04. The lowest BCUT2D eigenvalue weighted by atomic mass is 10.1. The van der Waals surface area contributed by atoms with Gasteiger partial charge in [-0.05, 0) is 23.3 Å². The molecule has 0 unspecified atom stereocenters. The van der Waals surface area contributed by atoms with Crippen molar-refractivity contribution in [1.29, 1.82) is 0 Å². The Bertz CT molecular complexity index is 573. The second-order valence-corrected chi connectivity index (χ2v) is 4.13. The standard InChI is InChI=1S/C18H16O/c1-16(18-12-6-3-7-13-18)15-19-14-8-11-17-9-4-2-5-10-17/h2-7,9-10,12-13H,1,14-15H2. The average molecular weight is 248 g/mol. The third-order valence-electron chi connectivity index (χ3n) is 2.64. The van der Waals surface area contributed by atoms with Crippen LogP contribution < -0.4 is 0 Å². The Morgan fingerprint density at radius 2 is 1.58 bits per heavy atom. The van der Waals surface area contributed by atoms with E-state index >= 15 is 0 Å². The molecular formula is C18H16O. The van der Waals surface area contributed by atoms with Gasteiger partial charge in [-0.1, -0.05) is 67.0 Å². The summed E-state index contributed by atoms with van der Waals surface area (Å²) < 4.78 is 5.50. The van der Waals surface area contributed by atoms with Gasteiger partial charge in [0.25, 0.3) is 0 Å². The van der Waals surface area contributed by atoms with Gasteiger partial charge in [-0.25, -0.2) is 0 Å². The van der Waals surface area contributed by atoms with Crippen LogP contribution in [-0.4, -0.2) is 13.2 Å². The minimum absolute atomic E-state index is 0.417. The van der Waals surface area contributed by atoms with Crippen molar-refractivity contribution in [1.82, 2.24) is 0 Å². The van der Waals surface area contributed by atoms with Crippen LogP contribution in [0.5, 0.6) is 0 Å². The second kappa shape index (κ2) is 7.20. The highest BCUT2D eigenvalue weighted by molar-refractivity contribution is 5.63. The third kappa shape index (κ3) is 4.46. The zero-order valence-corrected chi connectivity index (χ0v) is 10.8. The summed E-state index contributed by atoms with van der Waals surface area (Å²) in [5.41, 5.74) is 3.09. The summed E-state index contributed by atoms with van der Waals surface area (Å²) in [7, 11) is 0. The molecule has 0 heterocycles. The molecule has 0 saturated heterocycles. The van der Waals surface area contributed by atoms with E-state index in [0.29, 0.717) is 13.2 Å². The van der Waals surface area contributed by atoms with Crippen LogP contribution in [0.15, 0.2) is 67.2 Å². The van der Waals surface area contributed by atoms with Gasteiger partial charge in [0, 0.05) is 5.56 Å². The van der Waals surface area contributed by atoms with Crippen LogP contribution >= 0.6 is 0 Å². The topological polar surface area (TPSA) is 9.23 Å². The summed E-state index contributed by atoms with van der Waals surface area (Å²) in [6.07, 6.45) is 0. The molecule has 94 valence electrons. The van der Waals surface area contributed by atoms with Gasteiger partial charge in [0.1, 0.15) is 6.61 Å². The molecule has 0 aromatic heterocycles. The molecule has 0 fully saturated rings. The Hall–Kier alpha value is -2.30. The predicted octanol–water partition coefficient (Wildman–Crippen LogP) is 3.77. The Labute approximate surface area is 114 Å². The summed E-state index contributed by atoms with van der Waals surface area (Å²) in [6.45, 7) is 4.93. The van der Waals surface area contributed by atoms with E-state index in [1.54, 1.807) is 0 Å². The number of ether oxygens (including phenoxy) is 1. The lowest BCUT2D eigenvalue weighted by Crippen LogP contribution is -1.97. The number of hydrogen-bond donors (Lipinski definition) is 0. The van der Waals surface area contributed by atoms with Crippen molar-refractivity contribution in [2.75, 3.05) is 13.2 Å². The number of rotatable bonds is 4.